The van der Waals surface area contributed by atoms with Crippen LogP contribution in [0.2, 0.25) is 0 Å². The van der Waals surface area contributed by atoms with Gasteiger partial charge in [0.1, 0.15) is 0 Å². The van der Waals surface area contributed by atoms with Gasteiger partial charge in [0.2, 0.25) is 0 Å². The fourth-order valence-corrected chi connectivity index (χ4v) is 13.3. The van der Waals surface area contributed by atoms with Crippen LogP contribution in [0, 0.1) is 0 Å². The second-order valence-electron chi connectivity index (χ2n) is 28.0. The monoisotopic (exact) mass is 1470 g/mol. The fourth-order valence-electron chi connectivity index (χ4n) is 13.0. The highest BCUT2D eigenvalue weighted by atomic mass is 127. The Morgan fingerprint density at radius 1 is 0.312 bits per heavy atom. The number of piperazine rings is 1. The second kappa shape index (κ2) is 69.4. The summed E-state index contributed by atoms with van der Waals surface area (Å²) in [7, 11) is 2.23. The summed E-state index contributed by atoms with van der Waals surface area (Å²) in [4.78, 5) is 5.02. The van der Waals surface area contributed by atoms with Crippen LogP contribution >= 0.6 is 39.9 Å². The van der Waals surface area contributed by atoms with Crippen LogP contribution in [0.4, 0.5) is 0 Å². The lowest BCUT2D eigenvalue weighted by Gasteiger charge is -2.34. The molecule has 0 radical (unpaired) electrons. The quantitative estimate of drug-likeness (QED) is 0.0262. The SMILES string of the molecule is CCCCC/C=C\C/C=C\CCCCCCCCC1(CCCCCCCC/C=C\C/C=C\CCCCC)OCC(CBr)O1.CCCCC/C=C\C/C=C\CCCCCCCCC1(CCCCCCCC/C=C\C/C=C\CCCCC)OCC(CN2CCN(C)CC2)O1.I. The Balaban J connectivity index is 0.000000928. The molecule has 0 amide bonds. The zero-order valence-electron chi connectivity index (χ0n) is 62.1. The Hall–Kier alpha value is -1.11. The van der Waals surface area contributed by atoms with Gasteiger partial charge in [-0.2, -0.15) is 0 Å². The molecule has 3 rings (SSSR count). The highest BCUT2D eigenvalue weighted by Crippen LogP contribution is 2.37. The van der Waals surface area contributed by atoms with Crippen molar-refractivity contribution >= 4 is 39.9 Å². The third-order valence-corrected chi connectivity index (χ3v) is 19.8. The van der Waals surface area contributed by atoms with Crippen molar-refractivity contribution in [3.8, 4) is 0 Å². The topological polar surface area (TPSA) is 43.4 Å². The third-order valence-electron chi connectivity index (χ3n) is 19.1. The van der Waals surface area contributed by atoms with Gasteiger partial charge >= 0.3 is 0 Å². The summed E-state index contributed by atoms with van der Waals surface area (Å²) in [5.41, 5.74) is 0. The lowest BCUT2D eigenvalue weighted by Crippen LogP contribution is -2.47. The van der Waals surface area contributed by atoms with Crippen molar-refractivity contribution in [1.29, 1.82) is 0 Å². The summed E-state index contributed by atoms with van der Waals surface area (Å²) in [6.45, 7) is 16.3. The molecule has 0 spiro atoms. The molecule has 0 saturated carbocycles. The number of allylic oxidation sites excluding steroid dienone is 16. The molecule has 2 atom stereocenters. The van der Waals surface area contributed by atoms with Crippen molar-refractivity contribution in [1.82, 2.24) is 9.80 Å². The third kappa shape index (κ3) is 56.4. The van der Waals surface area contributed by atoms with Crippen molar-refractivity contribution in [2.75, 3.05) is 58.3 Å². The number of likely N-dealkylation sites (N-methyl/N-ethyl adjacent to an activating group) is 1. The molecule has 0 aromatic heterocycles. The first kappa shape index (κ1) is 89.9. The van der Waals surface area contributed by atoms with E-state index in [1.165, 1.54) is 296 Å². The van der Waals surface area contributed by atoms with Crippen LogP contribution in [0.1, 0.15) is 362 Å². The highest BCUT2D eigenvalue weighted by Gasteiger charge is 2.42. The molecule has 3 saturated heterocycles. The molecule has 542 valence electrons. The molecule has 0 aromatic rings. The van der Waals surface area contributed by atoms with E-state index in [-0.39, 0.29) is 47.8 Å². The van der Waals surface area contributed by atoms with E-state index in [1.54, 1.807) is 0 Å². The minimum atomic E-state index is -0.332. The van der Waals surface area contributed by atoms with E-state index in [9.17, 15) is 0 Å². The molecule has 0 N–H and O–H groups in total. The Bertz CT molecular complexity index is 1710. The highest BCUT2D eigenvalue weighted by molar-refractivity contribution is 14.0. The molecule has 2 unspecified atom stereocenters. The van der Waals surface area contributed by atoms with Gasteiger partial charge in [0, 0.05) is 63.7 Å². The Kier molecular flexibility index (Phi) is 67.1. The first-order valence-corrected chi connectivity index (χ1v) is 41.4. The van der Waals surface area contributed by atoms with Crippen LogP contribution in [0.25, 0.3) is 0 Å². The van der Waals surface area contributed by atoms with Crippen molar-refractivity contribution in [2.45, 2.75) is 385 Å². The van der Waals surface area contributed by atoms with Crippen LogP contribution in [-0.2, 0) is 18.9 Å². The van der Waals surface area contributed by atoms with Gasteiger partial charge in [-0.1, -0.05) is 295 Å². The number of hydrogen-bond donors (Lipinski definition) is 0. The fraction of sp³-hybridized carbons (Fsp3) is 0.812. The number of hydrogen-bond acceptors (Lipinski definition) is 6. The molecular weight excluding hydrogens is 1320 g/mol. The lowest BCUT2D eigenvalue weighted by atomic mass is 9.98. The zero-order chi connectivity index (χ0) is 65.9. The van der Waals surface area contributed by atoms with Crippen molar-refractivity contribution < 1.29 is 18.9 Å². The molecule has 3 fully saturated rings. The van der Waals surface area contributed by atoms with Crippen LogP contribution in [-0.4, -0.2) is 91.9 Å². The number of alkyl halides is 1. The molecular formula is C85H154BrIN2O4. The molecule has 93 heavy (non-hydrogen) atoms. The minimum absolute atomic E-state index is 0. The summed E-state index contributed by atoms with van der Waals surface area (Å²) in [5, 5.41) is 0.877. The van der Waals surface area contributed by atoms with E-state index < -0.39 is 0 Å². The molecule has 0 aliphatic carbocycles. The molecule has 3 aliphatic rings. The number of nitrogens with zero attached hydrogens (tertiary/aromatic N) is 2. The number of halogens is 2. The van der Waals surface area contributed by atoms with Crippen LogP contribution in [0.5, 0.6) is 0 Å². The molecule has 3 heterocycles. The molecule has 8 heteroatoms. The van der Waals surface area contributed by atoms with Gasteiger partial charge < -0.3 is 23.8 Å². The normalized spacial score (nSPS) is 18.0. The van der Waals surface area contributed by atoms with E-state index >= 15 is 0 Å². The van der Waals surface area contributed by atoms with Gasteiger partial charge in [-0.25, -0.2) is 0 Å². The van der Waals surface area contributed by atoms with Gasteiger partial charge in [0.05, 0.1) is 25.4 Å². The summed E-state index contributed by atoms with van der Waals surface area (Å²) in [5.74, 6) is -0.648. The van der Waals surface area contributed by atoms with Crippen LogP contribution in [0.15, 0.2) is 97.2 Å². The van der Waals surface area contributed by atoms with Gasteiger partial charge in [0.15, 0.2) is 11.6 Å². The van der Waals surface area contributed by atoms with Crippen LogP contribution in [0.3, 0.4) is 0 Å². The zero-order valence-corrected chi connectivity index (χ0v) is 66.0. The average Bonchev–Trinajstić information content (AvgIpc) is 1.80. The minimum Gasteiger partial charge on any atom is -0.347 e. The smallest absolute Gasteiger partial charge is 0.168 e. The maximum atomic E-state index is 6.82. The van der Waals surface area contributed by atoms with Gasteiger partial charge in [-0.3, -0.25) is 4.90 Å². The van der Waals surface area contributed by atoms with E-state index in [1.807, 2.05) is 0 Å². The average molecular weight is 1470 g/mol. The standard InChI is InChI=1S/C45H82N2O2.C40H71BrO2.HI/c1-4-6-8-10-12-14-16-18-20-22-24-26-28-30-32-34-36-45(48-43-44(49-45)42-47-40-38-46(3)39-41-47)37-35-33-31-29-27-25-23-21-19-17-15-13-11-9-7-5-2;1-3-5-7-9-11-13-15-17-19-21-23-25-27-29-31-33-35-40(42-38-39(37-41)43-40)36-34-32-30-28-26-24-22-20-18-16-14-12-10-8-6-4-2;/h12-15,18-21,44H,4-11,16-17,22-43H2,1-3H3;11-14,17-20,39H,3-10,15-16,21-38H2,1-2H3;1H/b14-12-,15-13-,20-18-,21-19-;13-11-,14-12-,19-17-,20-18-;. The van der Waals surface area contributed by atoms with Crippen molar-refractivity contribution in [2.24, 2.45) is 0 Å². The Morgan fingerprint density at radius 2 is 0.548 bits per heavy atom. The maximum absolute atomic E-state index is 6.82. The number of ether oxygens (including phenoxy) is 4. The lowest BCUT2D eigenvalue weighted by molar-refractivity contribution is -0.181. The van der Waals surface area contributed by atoms with E-state index in [0.717, 1.165) is 89.5 Å². The Morgan fingerprint density at radius 3 is 0.806 bits per heavy atom. The summed E-state index contributed by atoms with van der Waals surface area (Å²) < 4.78 is 26.2. The van der Waals surface area contributed by atoms with Crippen LogP contribution < -0.4 is 0 Å². The number of unbranched alkanes of at least 4 members (excludes halogenated alkanes) is 36. The van der Waals surface area contributed by atoms with Gasteiger partial charge in [0.25, 0.3) is 0 Å². The predicted molar refractivity (Wildman–Crippen MR) is 426 cm³/mol. The first-order valence-electron chi connectivity index (χ1n) is 40.2. The van der Waals surface area contributed by atoms with Crippen molar-refractivity contribution in [3.05, 3.63) is 97.2 Å². The van der Waals surface area contributed by atoms with E-state index in [2.05, 4.69) is 158 Å². The molecule has 0 bridgehead atoms. The van der Waals surface area contributed by atoms with Gasteiger partial charge in [-0.05, 0) is 161 Å². The maximum Gasteiger partial charge on any atom is 0.168 e. The molecule has 3 aliphatic heterocycles. The second-order valence-corrected chi connectivity index (χ2v) is 28.7. The molecule has 6 nitrogen and oxygen atoms in total. The Labute approximate surface area is 605 Å². The van der Waals surface area contributed by atoms with Crippen molar-refractivity contribution in [3.63, 3.8) is 0 Å². The first-order chi connectivity index (χ1) is 45.4. The number of rotatable bonds is 63. The van der Waals surface area contributed by atoms with Gasteiger partial charge in [-0.15, -0.1) is 24.0 Å². The molecule has 0 aromatic carbocycles. The predicted octanol–water partition coefficient (Wildman–Crippen LogP) is 27.3. The van der Waals surface area contributed by atoms with E-state index in [0.29, 0.717) is 0 Å². The summed E-state index contributed by atoms with van der Waals surface area (Å²) >= 11 is 3.61. The largest absolute Gasteiger partial charge is 0.347 e. The van der Waals surface area contributed by atoms with E-state index in [4.69, 9.17) is 18.9 Å². The summed E-state index contributed by atoms with van der Waals surface area (Å²) in [6, 6.07) is 0. The summed E-state index contributed by atoms with van der Waals surface area (Å²) in [6.07, 6.45) is 104.